The van der Waals surface area contributed by atoms with Crippen LogP contribution in [0.2, 0.25) is 0 Å². The highest BCUT2D eigenvalue weighted by atomic mass is 16.7. The number of fused-ring (bicyclic) bond motifs is 3. The maximum Gasteiger partial charge on any atom is 0.339 e. The molecule has 1 fully saturated rings. The molecule has 0 aliphatic carbocycles. The number of ether oxygens (including phenoxy) is 8. The Morgan fingerprint density at radius 1 is 0.816 bits per heavy atom. The van der Waals surface area contributed by atoms with Crippen LogP contribution in [-0.4, -0.2) is 73.9 Å². The maximum absolute atomic E-state index is 13.2. The third-order valence-electron chi connectivity index (χ3n) is 5.38. The number of hydrogen-bond acceptors (Lipinski definition) is 14. The van der Waals surface area contributed by atoms with Crippen LogP contribution in [0.3, 0.4) is 0 Å². The lowest BCUT2D eigenvalue weighted by Crippen LogP contribution is -2.60. The molecule has 0 spiro atoms. The van der Waals surface area contributed by atoms with Crippen LogP contribution in [0.1, 0.15) is 56.6 Å². The number of carbonyl (C=O) groups is 6. The van der Waals surface area contributed by atoms with Gasteiger partial charge in [-0.3, -0.25) is 24.0 Å². The fraction of sp³-hybridized carbons (Fsp3) is 0.500. The van der Waals surface area contributed by atoms with Gasteiger partial charge in [-0.2, -0.15) is 0 Å². The van der Waals surface area contributed by atoms with E-state index in [1.165, 1.54) is 7.11 Å². The minimum Gasteiger partial charge on any atom is -0.490 e. The number of esters is 6. The van der Waals surface area contributed by atoms with Gasteiger partial charge in [-0.25, -0.2) is 4.79 Å². The molecule has 0 N–H and O–H groups in total. The van der Waals surface area contributed by atoms with E-state index >= 15 is 0 Å². The van der Waals surface area contributed by atoms with Crippen molar-refractivity contribution in [1.82, 2.24) is 0 Å². The molecule has 0 aromatic heterocycles. The first-order valence-corrected chi connectivity index (χ1v) is 11.3. The Kier molecular flexibility index (Phi) is 8.56. The molecule has 2 aliphatic heterocycles. The highest BCUT2D eigenvalue weighted by molar-refractivity contribution is 5.96. The van der Waals surface area contributed by atoms with E-state index in [0.717, 1.165) is 40.7 Å². The average Bonchev–Trinajstić information content (AvgIpc) is 2.78. The quantitative estimate of drug-likeness (QED) is 0.272. The van der Waals surface area contributed by atoms with E-state index < -0.39 is 72.9 Å². The lowest BCUT2D eigenvalue weighted by atomic mass is 9.85. The number of hydrogen-bond donors (Lipinski definition) is 0. The fourth-order valence-electron chi connectivity index (χ4n) is 4.21. The van der Waals surface area contributed by atoms with Gasteiger partial charge in [-0.15, -0.1) is 0 Å². The Morgan fingerprint density at radius 3 is 1.95 bits per heavy atom. The summed E-state index contributed by atoms with van der Waals surface area (Å²) < 4.78 is 43.3. The molecule has 0 bridgehead atoms. The van der Waals surface area contributed by atoms with Gasteiger partial charge in [-0.1, -0.05) is 0 Å². The second-order valence-corrected chi connectivity index (χ2v) is 8.30. The fourth-order valence-corrected chi connectivity index (χ4v) is 4.21. The zero-order valence-corrected chi connectivity index (χ0v) is 21.4. The van der Waals surface area contributed by atoms with Crippen LogP contribution >= 0.6 is 0 Å². The van der Waals surface area contributed by atoms with Gasteiger partial charge in [0.2, 0.25) is 5.75 Å². The van der Waals surface area contributed by atoms with Crippen LogP contribution in [0.15, 0.2) is 6.07 Å². The molecule has 206 valence electrons. The summed E-state index contributed by atoms with van der Waals surface area (Å²) in [6.45, 7) is 5.10. The molecule has 2 heterocycles. The molecular formula is C24H26O14. The van der Waals surface area contributed by atoms with Gasteiger partial charge in [0, 0.05) is 40.2 Å². The van der Waals surface area contributed by atoms with E-state index in [1.807, 2.05) is 0 Å². The van der Waals surface area contributed by atoms with Crippen molar-refractivity contribution < 1.29 is 66.7 Å². The second kappa shape index (κ2) is 11.5. The van der Waals surface area contributed by atoms with Gasteiger partial charge in [0.15, 0.2) is 29.8 Å². The third kappa shape index (κ3) is 6.02. The lowest BCUT2D eigenvalue weighted by molar-refractivity contribution is -0.251. The molecule has 38 heavy (non-hydrogen) atoms. The Balaban J connectivity index is 2.26. The smallest absolute Gasteiger partial charge is 0.339 e. The molecule has 14 heteroatoms. The van der Waals surface area contributed by atoms with E-state index in [-0.39, 0.29) is 28.4 Å². The van der Waals surface area contributed by atoms with E-state index in [9.17, 15) is 28.8 Å². The number of rotatable bonds is 7. The van der Waals surface area contributed by atoms with Gasteiger partial charge in [-0.05, 0) is 6.07 Å². The summed E-state index contributed by atoms with van der Waals surface area (Å²) in [6, 6.07) is 1.14. The van der Waals surface area contributed by atoms with E-state index in [4.69, 9.17) is 37.9 Å². The molecule has 0 unspecified atom stereocenters. The van der Waals surface area contributed by atoms with Crippen molar-refractivity contribution in [3.05, 3.63) is 17.2 Å². The molecule has 1 aromatic rings. The predicted octanol–water partition coefficient (Wildman–Crippen LogP) is 0.951. The highest BCUT2D eigenvalue weighted by Gasteiger charge is 2.56. The van der Waals surface area contributed by atoms with Crippen LogP contribution in [0, 0.1) is 0 Å². The third-order valence-corrected chi connectivity index (χ3v) is 5.38. The van der Waals surface area contributed by atoms with Crippen LogP contribution in [0.4, 0.5) is 0 Å². The van der Waals surface area contributed by atoms with Crippen molar-refractivity contribution in [1.29, 1.82) is 0 Å². The van der Waals surface area contributed by atoms with Crippen molar-refractivity contribution in [2.24, 2.45) is 0 Å². The van der Waals surface area contributed by atoms with Crippen LogP contribution in [0.5, 0.6) is 17.2 Å². The molecule has 1 saturated heterocycles. The molecule has 0 amide bonds. The summed E-state index contributed by atoms with van der Waals surface area (Å²) in [5.74, 6) is -5.59. The minimum atomic E-state index is -1.42. The van der Waals surface area contributed by atoms with Gasteiger partial charge >= 0.3 is 35.8 Å². The summed E-state index contributed by atoms with van der Waals surface area (Å²) in [5, 5.41) is 0. The van der Waals surface area contributed by atoms with Crippen molar-refractivity contribution in [3.63, 3.8) is 0 Å². The summed E-state index contributed by atoms with van der Waals surface area (Å²) in [4.78, 5) is 72.3. The summed E-state index contributed by atoms with van der Waals surface area (Å²) >= 11 is 0. The molecule has 2 aliphatic rings. The Morgan fingerprint density at radius 2 is 1.42 bits per heavy atom. The maximum atomic E-state index is 13.2. The van der Waals surface area contributed by atoms with E-state index in [2.05, 4.69) is 0 Å². The number of methoxy groups -OCH3 is 1. The molecule has 5 atom stereocenters. The average molecular weight is 538 g/mol. The largest absolute Gasteiger partial charge is 0.490 e. The summed E-state index contributed by atoms with van der Waals surface area (Å²) in [7, 11) is 1.21. The first kappa shape index (κ1) is 28.4. The predicted molar refractivity (Wildman–Crippen MR) is 120 cm³/mol. The Labute approximate surface area is 216 Å². The topological polar surface area (TPSA) is 176 Å². The SMILES string of the molecule is COc1c(OC(C)=O)cc2c(c1OC(C)=O)[C@@H]1O[C@H](COC(C)=O)[C@H](OC(C)=O)[C@H](OC(C)=O)[C@H]1OC2=O. The molecule has 14 nitrogen and oxygen atoms in total. The highest BCUT2D eigenvalue weighted by Crippen LogP contribution is 2.51. The first-order chi connectivity index (χ1) is 17.8. The van der Waals surface area contributed by atoms with Crippen molar-refractivity contribution in [3.8, 4) is 17.2 Å². The first-order valence-electron chi connectivity index (χ1n) is 11.3. The number of carbonyl (C=O) groups excluding carboxylic acids is 6. The lowest BCUT2D eigenvalue weighted by Gasteiger charge is -2.46. The van der Waals surface area contributed by atoms with Gasteiger partial charge in [0.25, 0.3) is 0 Å². The van der Waals surface area contributed by atoms with Gasteiger partial charge < -0.3 is 37.9 Å². The molecule has 1 aromatic carbocycles. The second-order valence-electron chi connectivity index (χ2n) is 8.30. The Hall–Kier alpha value is -4.20. The monoisotopic (exact) mass is 538 g/mol. The zero-order chi connectivity index (χ0) is 28.3. The van der Waals surface area contributed by atoms with Gasteiger partial charge in [0.1, 0.15) is 18.8 Å². The van der Waals surface area contributed by atoms with Crippen molar-refractivity contribution in [2.45, 2.75) is 65.1 Å². The normalized spacial score (nSPS) is 23.5. The summed E-state index contributed by atoms with van der Waals surface area (Å²) in [6.07, 6.45) is -6.71. The van der Waals surface area contributed by atoms with E-state index in [0.29, 0.717) is 0 Å². The summed E-state index contributed by atoms with van der Waals surface area (Å²) in [5.41, 5.74) is -0.265. The van der Waals surface area contributed by atoms with Crippen molar-refractivity contribution in [2.75, 3.05) is 13.7 Å². The van der Waals surface area contributed by atoms with Gasteiger partial charge in [0.05, 0.1) is 12.7 Å². The van der Waals surface area contributed by atoms with Crippen LogP contribution in [0.25, 0.3) is 0 Å². The number of benzene rings is 1. The molecule has 0 radical (unpaired) electrons. The molecule has 0 saturated carbocycles. The standard InChI is InChI=1S/C24H26O14/c1-9(25)32-8-16-19(34-11(3)27)22(36-13(5)29)23-21(37-16)17-14(24(30)38-23)7-15(33-10(2)26)18(31-6)20(17)35-12(4)28/h7,16,19,21-23H,8H2,1-6H3/t16-,19+,21+,22+,23+/m1/s1. The van der Waals surface area contributed by atoms with Crippen molar-refractivity contribution >= 4 is 35.8 Å². The Bertz CT molecular complexity index is 1170. The van der Waals surface area contributed by atoms with Crippen LogP contribution < -0.4 is 14.2 Å². The molecular weight excluding hydrogens is 512 g/mol. The van der Waals surface area contributed by atoms with Crippen LogP contribution in [-0.2, 0) is 47.7 Å². The zero-order valence-electron chi connectivity index (χ0n) is 21.4. The van der Waals surface area contributed by atoms with E-state index in [1.54, 1.807) is 0 Å². The minimum absolute atomic E-state index is 0.0551. The molecule has 3 rings (SSSR count).